The van der Waals surface area contributed by atoms with Gasteiger partial charge in [-0.25, -0.2) is 9.59 Å². The normalized spacial score (nSPS) is 13.6. The zero-order valence-electron chi connectivity index (χ0n) is 18.3. The fourth-order valence-electron chi connectivity index (χ4n) is 3.59. The molecule has 0 heterocycles. The van der Waals surface area contributed by atoms with Gasteiger partial charge in [-0.15, -0.1) is 11.8 Å². The maximum absolute atomic E-state index is 12.3. The number of fused-ring (bicyclic) bond motifs is 3. The summed E-state index contributed by atoms with van der Waals surface area (Å²) < 4.78 is 10.6. The number of aliphatic carboxylic acids is 1. The zero-order chi connectivity index (χ0) is 23.3. The predicted molar refractivity (Wildman–Crippen MR) is 123 cm³/mol. The van der Waals surface area contributed by atoms with Gasteiger partial charge in [0, 0.05) is 11.7 Å². The highest BCUT2D eigenvalue weighted by Crippen LogP contribution is 2.44. The number of carboxylic acids is 1. The van der Waals surface area contributed by atoms with Crippen molar-refractivity contribution in [1.82, 2.24) is 5.32 Å². The molecule has 0 spiro atoms. The van der Waals surface area contributed by atoms with Gasteiger partial charge in [-0.3, -0.25) is 4.79 Å². The van der Waals surface area contributed by atoms with Crippen LogP contribution in [0.1, 0.15) is 37.8 Å². The molecule has 3 rings (SSSR count). The Balaban J connectivity index is 1.54. The van der Waals surface area contributed by atoms with Gasteiger partial charge in [0.15, 0.2) is 0 Å². The topological polar surface area (TPSA) is 102 Å². The summed E-state index contributed by atoms with van der Waals surface area (Å²) in [7, 11) is 0. The summed E-state index contributed by atoms with van der Waals surface area (Å²) in [6.45, 7) is 5.37. The highest BCUT2D eigenvalue weighted by atomic mass is 32.2. The molecule has 0 aromatic heterocycles. The van der Waals surface area contributed by atoms with E-state index < -0.39 is 29.7 Å². The Morgan fingerprint density at radius 3 is 2.12 bits per heavy atom. The zero-order valence-corrected chi connectivity index (χ0v) is 19.1. The SMILES string of the molecule is CC(C)(C)OC(=O)CSCC(NC(=O)OCC1c2ccccc2-c2ccccc21)C(=O)O. The highest BCUT2D eigenvalue weighted by Gasteiger charge is 2.30. The Labute approximate surface area is 191 Å². The molecule has 1 atom stereocenters. The average molecular weight is 458 g/mol. The number of amides is 1. The van der Waals surface area contributed by atoms with Gasteiger partial charge in [-0.05, 0) is 43.0 Å². The van der Waals surface area contributed by atoms with Crippen LogP contribution in [0, 0.1) is 0 Å². The standard InChI is InChI=1S/C24H27NO6S/c1-24(2,3)31-21(26)14-32-13-20(22(27)28)25-23(29)30-12-19-17-10-6-4-8-15(17)16-9-5-7-11-18(16)19/h4-11,19-20H,12-14H2,1-3H3,(H,25,29)(H,27,28). The second kappa shape index (κ2) is 10.1. The largest absolute Gasteiger partial charge is 0.480 e. The van der Waals surface area contributed by atoms with Crippen molar-refractivity contribution in [2.45, 2.75) is 38.3 Å². The number of alkyl carbamates (subject to hydrolysis) is 1. The van der Waals surface area contributed by atoms with Crippen LogP contribution in [0.15, 0.2) is 48.5 Å². The van der Waals surface area contributed by atoms with E-state index in [4.69, 9.17) is 9.47 Å². The summed E-state index contributed by atoms with van der Waals surface area (Å²) in [5, 5.41) is 11.8. The number of esters is 1. The van der Waals surface area contributed by atoms with E-state index in [0.29, 0.717) is 0 Å². The minimum absolute atomic E-state index is 0.00653. The number of rotatable bonds is 8. The first kappa shape index (κ1) is 23.7. The molecule has 170 valence electrons. The smallest absolute Gasteiger partial charge is 0.407 e. The summed E-state index contributed by atoms with van der Waals surface area (Å²) in [4.78, 5) is 35.6. The number of hydrogen-bond acceptors (Lipinski definition) is 6. The first-order valence-corrected chi connectivity index (χ1v) is 11.4. The van der Waals surface area contributed by atoms with Gasteiger partial charge in [0.05, 0.1) is 5.75 Å². The number of carbonyl (C=O) groups is 3. The average Bonchev–Trinajstić information content (AvgIpc) is 3.04. The van der Waals surface area contributed by atoms with Crippen LogP contribution in [-0.4, -0.2) is 52.9 Å². The van der Waals surface area contributed by atoms with Gasteiger partial charge in [0.25, 0.3) is 0 Å². The third-order valence-electron chi connectivity index (χ3n) is 4.86. The first-order chi connectivity index (χ1) is 15.2. The molecule has 0 saturated heterocycles. The van der Waals surface area contributed by atoms with E-state index >= 15 is 0 Å². The maximum Gasteiger partial charge on any atom is 0.407 e. The summed E-state index contributed by atoms with van der Waals surface area (Å²) in [5.41, 5.74) is 3.76. The Bertz CT molecular complexity index is 954. The first-order valence-electron chi connectivity index (χ1n) is 10.3. The number of carbonyl (C=O) groups excluding carboxylic acids is 2. The van der Waals surface area contributed by atoms with Crippen molar-refractivity contribution in [2.75, 3.05) is 18.1 Å². The predicted octanol–water partition coefficient (Wildman–Crippen LogP) is 4.05. The molecule has 0 radical (unpaired) electrons. The molecule has 1 unspecified atom stereocenters. The number of benzene rings is 2. The van der Waals surface area contributed by atoms with E-state index in [9.17, 15) is 19.5 Å². The summed E-state index contributed by atoms with van der Waals surface area (Å²) in [6, 6.07) is 14.7. The van der Waals surface area contributed by atoms with E-state index in [1.165, 1.54) is 0 Å². The van der Waals surface area contributed by atoms with Crippen LogP contribution in [0.25, 0.3) is 11.1 Å². The van der Waals surface area contributed by atoms with Crippen molar-refractivity contribution in [3.8, 4) is 11.1 Å². The molecule has 2 N–H and O–H groups in total. The monoisotopic (exact) mass is 457 g/mol. The molecular weight excluding hydrogens is 430 g/mol. The van der Waals surface area contributed by atoms with Crippen molar-refractivity contribution in [3.05, 3.63) is 59.7 Å². The van der Waals surface area contributed by atoms with E-state index in [1.54, 1.807) is 20.8 Å². The molecule has 1 amide bonds. The lowest BCUT2D eigenvalue weighted by atomic mass is 9.98. The molecule has 0 fully saturated rings. The van der Waals surface area contributed by atoms with Crippen LogP contribution in [0.4, 0.5) is 4.79 Å². The molecule has 0 aliphatic heterocycles. The van der Waals surface area contributed by atoms with Crippen LogP contribution >= 0.6 is 11.8 Å². The third-order valence-corrected chi connectivity index (χ3v) is 5.87. The lowest BCUT2D eigenvalue weighted by molar-refractivity contribution is -0.151. The van der Waals surface area contributed by atoms with E-state index in [0.717, 1.165) is 34.0 Å². The van der Waals surface area contributed by atoms with Crippen molar-refractivity contribution in [3.63, 3.8) is 0 Å². The Hall–Kier alpha value is -3.00. The van der Waals surface area contributed by atoms with Gasteiger partial charge < -0.3 is 19.9 Å². The van der Waals surface area contributed by atoms with Gasteiger partial charge in [-0.2, -0.15) is 0 Å². The summed E-state index contributed by atoms with van der Waals surface area (Å²) in [5.74, 6) is -1.74. The van der Waals surface area contributed by atoms with E-state index in [2.05, 4.69) is 5.32 Å². The number of hydrogen-bond donors (Lipinski definition) is 2. The Kier molecular flexibility index (Phi) is 7.45. The summed E-state index contributed by atoms with van der Waals surface area (Å²) >= 11 is 1.08. The lowest BCUT2D eigenvalue weighted by Gasteiger charge is -2.20. The highest BCUT2D eigenvalue weighted by molar-refractivity contribution is 8.00. The van der Waals surface area contributed by atoms with Gasteiger partial charge in [0.1, 0.15) is 18.2 Å². The molecule has 2 aromatic carbocycles. The van der Waals surface area contributed by atoms with E-state index in [1.807, 2.05) is 48.5 Å². The van der Waals surface area contributed by atoms with Crippen molar-refractivity contribution < 1.29 is 29.0 Å². The Morgan fingerprint density at radius 1 is 1.03 bits per heavy atom. The van der Waals surface area contributed by atoms with E-state index in [-0.39, 0.29) is 24.0 Å². The van der Waals surface area contributed by atoms with Crippen LogP contribution in [0.5, 0.6) is 0 Å². The van der Waals surface area contributed by atoms with Crippen LogP contribution in [-0.2, 0) is 19.1 Å². The van der Waals surface area contributed by atoms with Gasteiger partial charge in [0.2, 0.25) is 0 Å². The minimum atomic E-state index is -1.20. The molecule has 0 bridgehead atoms. The number of thioether (sulfide) groups is 1. The third kappa shape index (κ3) is 6.03. The second-order valence-electron chi connectivity index (χ2n) is 8.46. The summed E-state index contributed by atoms with van der Waals surface area (Å²) in [6.07, 6.45) is -0.808. The number of ether oxygens (including phenoxy) is 2. The van der Waals surface area contributed by atoms with Crippen LogP contribution < -0.4 is 5.32 Å². The molecule has 32 heavy (non-hydrogen) atoms. The molecule has 7 nitrogen and oxygen atoms in total. The van der Waals surface area contributed by atoms with Gasteiger partial charge >= 0.3 is 18.0 Å². The molecule has 2 aromatic rings. The number of carboxylic acid groups (broad SMARTS) is 1. The van der Waals surface area contributed by atoms with Crippen LogP contribution in [0.2, 0.25) is 0 Å². The second-order valence-corrected chi connectivity index (χ2v) is 9.49. The minimum Gasteiger partial charge on any atom is -0.480 e. The number of nitrogens with one attached hydrogen (secondary N) is 1. The fraction of sp³-hybridized carbons (Fsp3) is 0.375. The van der Waals surface area contributed by atoms with Crippen molar-refractivity contribution in [2.24, 2.45) is 0 Å². The molecule has 1 aliphatic rings. The van der Waals surface area contributed by atoms with Crippen molar-refractivity contribution in [1.29, 1.82) is 0 Å². The maximum atomic E-state index is 12.3. The molecule has 8 heteroatoms. The molecule has 1 aliphatic carbocycles. The van der Waals surface area contributed by atoms with Crippen molar-refractivity contribution >= 4 is 29.8 Å². The molecule has 0 saturated carbocycles. The fourth-order valence-corrected chi connectivity index (χ4v) is 4.39. The molecular formula is C24H27NO6S. The van der Waals surface area contributed by atoms with Crippen LogP contribution in [0.3, 0.4) is 0 Å². The Morgan fingerprint density at radius 2 is 1.59 bits per heavy atom. The van der Waals surface area contributed by atoms with Gasteiger partial charge in [-0.1, -0.05) is 48.5 Å². The quantitative estimate of drug-likeness (QED) is 0.577. The lowest BCUT2D eigenvalue weighted by Crippen LogP contribution is -2.43.